The molecule has 0 bridgehead atoms. The van der Waals surface area contributed by atoms with E-state index in [9.17, 15) is 4.79 Å². The predicted octanol–water partition coefficient (Wildman–Crippen LogP) is 5.96. The minimum absolute atomic E-state index is 0.0475. The number of hydrogen-bond donors (Lipinski definition) is 0. The Balaban J connectivity index is 1.90. The molecule has 166 valence electrons. The van der Waals surface area contributed by atoms with Gasteiger partial charge in [-0.3, -0.25) is 4.79 Å². The van der Waals surface area contributed by atoms with E-state index < -0.39 is 0 Å². The first-order valence-corrected chi connectivity index (χ1v) is 11.5. The number of carbonyl (C=O) groups is 1. The molecule has 0 aliphatic rings. The van der Waals surface area contributed by atoms with E-state index in [0.29, 0.717) is 18.7 Å². The topological polar surface area (TPSA) is 51.1 Å². The summed E-state index contributed by atoms with van der Waals surface area (Å²) in [6.45, 7) is 2.96. The highest BCUT2D eigenvalue weighted by Gasteiger charge is 2.13. The number of benzene rings is 3. The molecule has 0 saturated heterocycles. The Labute approximate surface area is 194 Å². The zero-order chi connectivity index (χ0) is 22.9. The largest absolute Gasteiger partial charge is 0.497 e. The van der Waals surface area contributed by atoms with Gasteiger partial charge < -0.3 is 14.4 Å². The minimum atomic E-state index is 0.0475. The second kappa shape index (κ2) is 11.4. The predicted molar refractivity (Wildman–Crippen MR) is 132 cm³/mol. The van der Waals surface area contributed by atoms with Gasteiger partial charge in [-0.15, -0.1) is 0 Å². The number of ketones is 1. The van der Waals surface area contributed by atoms with Crippen molar-refractivity contribution in [2.24, 2.45) is 4.99 Å². The van der Waals surface area contributed by atoms with E-state index in [0.717, 1.165) is 33.5 Å². The second-order valence-electron chi connectivity index (χ2n) is 7.25. The summed E-state index contributed by atoms with van der Waals surface area (Å²) in [5.41, 5.74) is 3.82. The van der Waals surface area contributed by atoms with Crippen molar-refractivity contribution in [3.63, 3.8) is 0 Å². The first kappa shape index (κ1) is 23.4. The second-order valence-corrected chi connectivity index (χ2v) is 8.03. The van der Waals surface area contributed by atoms with Gasteiger partial charge in [0.25, 0.3) is 0 Å². The highest BCUT2D eigenvalue weighted by atomic mass is 32.2. The highest BCUT2D eigenvalue weighted by molar-refractivity contribution is 8.13. The normalized spacial score (nSPS) is 11.2. The van der Waals surface area contributed by atoms with Crippen LogP contribution in [0.2, 0.25) is 0 Å². The van der Waals surface area contributed by atoms with Crippen LogP contribution >= 0.6 is 11.8 Å². The van der Waals surface area contributed by atoms with Crippen LogP contribution in [0.3, 0.4) is 0 Å². The molecule has 3 aromatic carbocycles. The fraction of sp³-hybridized carbons (Fsp3) is 0.231. The molecule has 0 aliphatic heterocycles. The molecule has 0 saturated carbocycles. The molecule has 0 unspecified atom stereocenters. The molecule has 0 aromatic heterocycles. The molecule has 0 atom stereocenters. The fourth-order valence-corrected chi connectivity index (χ4v) is 3.80. The van der Waals surface area contributed by atoms with Gasteiger partial charge in [-0.25, -0.2) is 4.99 Å². The molecule has 0 spiro atoms. The van der Waals surface area contributed by atoms with Crippen LogP contribution in [0.1, 0.15) is 28.4 Å². The van der Waals surface area contributed by atoms with Crippen LogP contribution in [0.4, 0.5) is 5.69 Å². The Bertz CT molecular complexity index is 996. The van der Waals surface area contributed by atoms with E-state index in [1.54, 1.807) is 32.9 Å². The van der Waals surface area contributed by atoms with Crippen molar-refractivity contribution in [2.45, 2.75) is 20.0 Å². The summed E-state index contributed by atoms with van der Waals surface area (Å²) in [7, 11) is 3.34. The molecule has 3 rings (SSSR count). The van der Waals surface area contributed by atoms with E-state index in [1.165, 1.54) is 0 Å². The van der Waals surface area contributed by atoms with Gasteiger partial charge in [0.15, 0.2) is 11.0 Å². The number of methoxy groups -OCH3 is 2. The first-order valence-electron chi connectivity index (χ1n) is 10.3. The number of ether oxygens (including phenoxy) is 2. The standard InChI is InChI=1S/C26H28N2O3S/c1-19(29)22-9-11-23(12-10-22)27-26(32-4)28(17-20-5-13-24(30-2)14-6-20)18-21-7-15-25(31-3)16-8-21/h5-16H,17-18H2,1-4H3. The van der Waals surface area contributed by atoms with Crippen LogP contribution in [0.15, 0.2) is 77.8 Å². The number of nitrogens with zero attached hydrogens (tertiary/aromatic N) is 2. The monoisotopic (exact) mass is 448 g/mol. The fourth-order valence-electron chi connectivity index (χ4n) is 3.22. The van der Waals surface area contributed by atoms with Crippen molar-refractivity contribution < 1.29 is 14.3 Å². The maximum Gasteiger partial charge on any atom is 0.164 e. The molecule has 32 heavy (non-hydrogen) atoms. The lowest BCUT2D eigenvalue weighted by molar-refractivity contribution is 0.101. The molecule has 0 aliphatic carbocycles. The molecule has 0 heterocycles. The lowest BCUT2D eigenvalue weighted by Crippen LogP contribution is -2.27. The van der Waals surface area contributed by atoms with Crippen LogP contribution in [-0.2, 0) is 13.1 Å². The Morgan fingerprint density at radius 1 is 0.812 bits per heavy atom. The van der Waals surface area contributed by atoms with Gasteiger partial charge in [0, 0.05) is 18.7 Å². The Morgan fingerprint density at radius 3 is 1.66 bits per heavy atom. The number of amidine groups is 1. The quantitative estimate of drug-likeness (QED) is 0.242. The summed E-state index contributed by atoms with van der Waals surface area (Å²) < 4.78 is 10.6. The zero-order valence-corrected chi connectivity index (χ0v) is 19.7. The van der Waals surface area contributed by atoms with Crippen molar-refractivity contribution in [3.05, 3.63) is 89.5 Å². The molecule has 0 radical (unpaired) electrons. The smallest absolute Gasteiger partial charge is 0.164 e. The molecule has 6 heteroatoms. The van der Waals surface area contributed by atoms with Crippen molar-refractivity contribution in [2.75, 3.05) is 20.5 Å². The van der Waals surface area contributed by atoms with Gasteiger partial charge in [-0.2, -0.15) is 0 Å². The lowest BCUT2D eigenvalue weighted by Gasteiger charge is -2.26. The van der Waals surface area contributed by atoms with Gasteiger partial charge in [-0.1, -0.05) is 36.0 Å². The number of Topliss-reactive ketones (excluding diaryl/α,β-unsaturated/α-hetero) is 1. The Kier molecular flexibility index (Phi) is 8.34. The summed E-state index contributed by atoms with van der Waals surface area (Å²) in [6, 6.07) is 23.5. The first-order chi connectivity index (χ1) is 15.5. The van der Waals surface area contributed by atoms with Gasteiger partial charge in [0.05, 0.1) is 19.9 Å². The summed E-state index contributed by atoms with van der Waals surface area (Å²) >= 11 is 1.60. The van der Waals surface area contributed by atoms with E-state index in [2.05, 4.69) is 29.2 Å². The van der Waals surface area contributed by atoms with Crippen LogP contribution < -0.4 is 9.47 Å². The Hall–Kier alpha value is -3.25. The maximum atomic E-state index is 11.6. The number of thioether (sulfide) groups is 1. The maximum absolute atomic E-state index is 11.6. The molecule has 0 fully saturated rings. The SMILES string of the molecule is COc1ccc(CN(Cc2ccc(OC)cc2)C(=Nc2ccc(C(C)=O)cc2)SC)cc1. The Morgan fingerprint density at radius 2 is 1.28 bits per heavy atom. The van der Waals surface area contributed by atoms with Crippen molar-refractivity contribution in [1.82, 2.24) is 4.90 Å². The summed E-state index contributed by atoms with van der Waals surface area (Å²) in [4.78, 5) is 18.7. The highest BCUT2D eigenvalue weighted by Crippen LogP contribution is 2.23. The lowest BCUT2D eigenvalue weighted by atomic mass is 10.1. The molecule has 5 nitrogen and oxygen atoms in total. The third kappa shape index (κ3) is 6.37. The minimum Gasteiger partial charge on any atom is -0.497 e. The zero-order valence-electron chi connectivity index (χ0n) is 18.9. The van der Waals surface area contributed by atoms with Gasteiger partial charge in [0.2, 0.25) is 0 Å². The van der Waals surface area contributed by atoms with Crippen LogP contribution in [0.5, 0.6) is 11.5 Å². The van der Waals surface area contributed by atoms with E-state index in [4.69, 9.17) is 14.5 Å². The van der Waals surface area contributed by atoms with Gasteiger partial charge in [-0.05, 0) is 72.8 Å². The number of rotatable bonds is 8. The molecular weight excluding hydrogens is 420 g/mol. The molecule has 0 amide bonds. The van der Waals surface area contributed by atoms with E-state index in [-0.39, 0.29) is 5.78 Å². The van der Waals surface area contributed by atoms with Crippen molar-refractivity contribution in [3.8, 4) is 11.5 Å². The summed E-state index contributed by atoms with van der Waals surface area (Å²) in [5.74, 6) is 1.71. The number of carbonyl (C=O) groups excluding carboxylic acids is 1. The van der Waals surface area contributed by atoms with Crippen LogP contribution in [0.25, 0.3) is 0 Å². The van der Waals surface area contributed by atoms with E-state index in [1.807, 2.05) is 54.8 Å². The number of hydrogen-bond acceptors (Lipinski definition) is 5. The molecule has 0 N–H and O–H groups in total. The third-order valence-corrected chi connectivity index (χ3v) is 5.73. The van der Waals surface area contributed by atoms with Crippen molar-refractivity contribution >= 4 is 28.4 Å². The third-order valence-electron chi connectivity index (χ3n) is 5.02. The average Bonchev–Trinajstić information content (AvgIpc) is 2.83. The van der Waals surface area contributed by atoms with Gasteiger partial charge in [0.1, 0.15) is 11.5 Å². The van der Waals surface area contributed by atoms with Gasteiger partial charge >= 0.3 is 0 Å². The van der Waals surface area contributed by atoms with E-state index >= 15 is 0 Å². The van der Waals surface area contributed by atoms with Crippen molar-refractivity contribution in [1.29, 1.82) is 0 Å². The molecular formula is C26H28N2O3S. The van der Waals surface area contributed by atoms with Crippen LogP contribution in [0, 0.1) is 0 Å². The summed E-state index contributed by atoms with van der Waals surface area (Å²) in [6.07, 6.45) is 2.03. The summed E-state index contributed by atoms with van der Waals surface area (Å²) in [5, 5.41) is 0.896. The number of aliphatic imine (C=N–C) groups is 1. The van der Waals surface area contributed by atoms with Crippen LogP contribution in [-0.4, -0.2) is 36.3 Å². The average molecular weight is 449 g/mol. The molecule has 3 aromatic rings.